The molecular formula is C23H27ClFN3O4S2. The van der Waals surface area contributed by atoms with Gasteiger partial charge in [-0.3, -0.25) is 14.6 Å². The van der Waals surface area contributed by atoms with E-state index in [-0.39, 0.29) is 22.8 Å². The number of amides is 1. The second-order valence-electron chi connectivity index (χ2n) is 8.01. The number of hydrogen-bond donors (Lipinski definition) is 0. The number of hydrogen-bond acceptors (Lipinski definition) is 7. The molecule has 4 rings (SSSR count). The molecule has 0 saturated carbocycles. The van der Waals surface area contributed by atoms with E-state index < -0.39 is 27.3 Å². The summed E-state index contributed by atoms with van der Waals surface area (Å²) in [5.41, 5.74) is 1.12. The van der Waals surface area contributed by atoms with E-state index in [0.717, 1.165) is 25.2 Å². The van der Waals surface area contributed by atoms with Crippen molar-refractivity contribution in [3.05, 3.63) is 53.8 Å². The minimum atomic E-state index is -3.83. The van der Waals surface area contributed by atoms with Gasteiger partial charge >= 0.3 is 0 Å². The Morgan fingerprint density at radius 1 is 1.18 bits per heavy atom. The third-order valence-electron chi connectivity index (χ3n) is 5.54. The standard InChI is InChI=1S/C23H26FN3O4S2.ClH/c1-17-6-8-18(9-7-17)33(29,30)16-21(28)27(11-3-10-26-12-14-31-15-13-26)23-25-22-19(24)4-2-5-20(22)32-23;/h2,4-9H,3,10-16H2,1H3;1H. The van der Waals surface area contributed by atoms with Crippen LogP contribution in [0.3, 0.4) is 0 Å². The normalized spacial score (nSPS) is 14.6. The lowest BCUT2D eigenvalue weighted by atomic mass is 10.2. The number of halogens is 2. The van der Waals surface area contributed by atoms with E-state index in [1.165, 1.54) is 34.4 Å². The highest BCUT2D eigenvalue weighted by Crippen LogP contribution is 2.31. The fraction of sp³-hybridized carbons (Fsp3) is 0.391. The van der Waals surface area contributed by atoms with Gasteiger partial charge in [-0.15, -0.1) is 12.4 Å². The first-order valence-corrected chi connectivity index (χ1v) is 13.3. The number of aryl methyl sites for hydroxylation is 1. The van der Waals surface area contributed by atoms with Crippen molar-refractivity contribution in [2.75, 3.05) is 50.0 Å². The molecule has 0 bridgehead atoms. The summed E-state index contributed by atoms with van der Waals surface area (Å²) in [6, 6.07) is 11.1. The lowest BCUT2D eigenvalue weighted by molar-refractivity contribution is -0.116. The number of sulfone groups is 1. The monoisotopic (exact) mass is 527 g/mol. The fourth-order valence-electron chi connectivity index (χ4n) is 3.69. The zero-order chi connectivity index (χ0) is 23.4. The fourth-order valence-corrected chi connectivity index (χ4v) is 5.91. The Balaban J connectivity index is 0.00000324. The van der Waals surface area contributed by atoms with Crippen LogP contribution >= 0.6 is 23.7 Å². The smallest absolute Gasteiger partial charge is 0.244 e. The summed E-state index contributed by atoms with van der Waals surface area (Å²) in [7, 11) is -3.83. The maximum absolute atomic E-state index is 14.2. The highest BCUT2D eigenvalue weighted by atomic mass is 35.5. The van der Waals surface area contributed by atoms with Crippen molar-refractivity contribution in [3.8, 4) is 0 Å². The second kappa shape index (κ2) is 11.5. The molecule has 3 aromatic rings. The molecule has 1 aromatic heterocycles. The molecule has 1 saturated heterocycles. The quantitative estimate of drug-likeness (QED) is 0.444. The number of fused-ring (bicyclic) bond motifs is 1. The van der Waals surface area contributed by atoms with E-state index in [4.69, 9.17) is 4.74 Å². The van der Waals surface area contributed by atoms with Crippen molar-refractivity contribution in [1.82, 2.24) is 9.88 Å². The van der Waals surface area contributed by atoms with E-state index in [9.17, 15) is 17.6 Å². The maximum atomic E-state index is 14.2. The highest BCUT2D eigenvalue weighted by molar-refractivity contribution is 7.92. The van der Waals surface area contributed by atoms with Crippen LogP contribution in [0.15, 0.2) is 47.4 Å². The lowest BCUT2D eigenvalue weighted by Gasteiger charge is -2.27. The van der Waals surface area contributed by atoms with Gasteiger partial charge in [0.2, 0.25) is 5.91 Å². The topological polar surface area (TPSA) is 79.8 Å². The minimum Gasteiger partial charge on any atom is -0.379 e. The number of carbonyl (C=O) groups excluding carboxylic acids is 1. The van der Waals surface area contributed by atoms with Crippen molar-refractivity contribution in [3.63, 3.8) is 0 Å². The molecule has 0 radical (unpaired) electrons. The number of benzene rings is 2. The van der Waals surface area contributed by atoms with Crippen molar-refractivity contribution < 1.29 is 22.3 Å². The summed E-state index contributed by atoms with van der Waals surface area (Å²) in [6.07, 6.45) is 0.634. The van der Waals surface area contributed by atoms with Gasteiger partial charge in [-0.2, -0.15) is 0 Å². The first-order chi connectivity index (χ1) is 15.8. The summed E-state index contributed by atoms with van der Waals surface area (Å²) in [5.74, 6) is -1.72. The van der Waals surface area contributed by atoms with Gasteiger partial charge in [-0.1, -0.05) is 35.1 Å². The van der Waals surface area contributed by atoms with Crippen LogP contribution in [-0.2, 0) is 19.4 Å². The van der Waals surface area contributed by atoms with Crippen LogP contribution in [0.25, 0.3) is 10.2 Å². The molecule has 184 valence electrons. The van der Waals surface area contributed by atoms with E-state index in [1.807, 2.05) is 6.92 Å². The average Bonchev–Trinajstić information content (AvgIpc) is 3.22. The number of nitrogens with zero attached hydrogens (tertiary/aromatic N) is 3. The van der Waals surface area contributed by atoms with Gasteiger partial charge in [0.15, 0.2) is 15.0 Å². The van der Waals surface area contributed by atoms with Gasteiger partial charge in [-0.25, -0.2) is 17.8 Å². The molecule has 2 heterocycles. The first kappa shape index (κ1) is 26.5. The lowest BCUT2D eigenvalue weighted by Crippen LogP contribution is -2.40. The van der Waals surface area contributed by atoms with Crippen molar-refractivity contribution >= 4 is 54.8 Å². The largest absolute Gasteiger partial charge is 0.379 e. The molecule has 1 amide bonds. The molecule has 34 heavy (non-hydrogen) atoms. The Hall–Kier alpha value is -2.11. The van der Waals surface area contributed by atoms with Crippen molar-refractivity contribution in [2.45, 2.75) is 18.2 Å². The Morgan fingerprint density at radius 2 is 1.88 bits per heavy atom. The number of carbonyl (C=O) groups is 1. The van der Waals surface area contributed by atoms with Crippen molar-refractivity contribution in [1.29, 1.82) is 0 Å². The van der Waals surface area contributed by atoms with Crippen LogP contribution in [0.2, 0.25) is 0 Å². The van der Waals surface area contributed by atoms with Gasteiger partial charge in [0.05, 0.1) is 22.8 Å². The van der Waals surface area contributed by atoms with Crippen LogP contribution in [0.4, 0.5) is 9.52 Å². The zero-order valence-corrected chi connectivity index (χ0v) is 21.2. The first-order valence-electron chi connectivity index (χ1n) is 10.8. The zero-order valence-electron chi connectivity index (χ0n) is 18.8. The average molecular weight is 528 g/mol. The predicted molar refractivity (Wildman–Crippen MR) is 134 cm³/mol. The SMILES string of the molecule is Cc1ccc(S(=O)(=O)CC(=O)N(CCCN2CCOCC2)c2nc3c(F)cccc3s2)cc1.Cl. The number of thiazole rings is 1. The molecule has 11 heteroatoms. The molecule has 0 aliphatic carbocycles. The molecule has 1 aliphatic heterocycles. The Labute approximate surface area is 208 Å². The molecule has 7 nitrogen and oxygen atoms in total. The number of morpholine rings is 1. The molecule has 0 unspecified atom stereocenters. The van der Waals surface area contributed by atoms with Crippen LogP contribution in [0.5, 0.6) is 0 Å². The molecule has 1 fully saturated rings. The van der Waals surface area contributed by atoms with Gasteiger partial charge < -0.3 is 4.74 Å². The molecule has 2 aromatic carbocycles. The highest BCUT2D eigenvalue weighted by Gasteiger charge is 2.27. The molecular weight excluding hydrogens is 501 g/mol. The van der Waals surface area contributed by atoms with Gasteiger partial charge in [-0.05, 0) is 37.6 Å². The van der Waals surface area contributed by atoms with Gasteiger partial charge in [0.25, 0.3) is 0 Å². The summed E-state index contributed by atoms with van der Waals surface area (Å²) >= 11 is 1.18. The van der Waals surface area contributed by atoms with E-state index in [1.54, 1.807) is 24.3 Å². The summed E-state index contributed by atoms with van der Waals surface area (Å²) in [6.45, 7) is 5.90. The predicted octanol–water partition coefficient (Wildman–Crippen LogP) is 3.69. The number of aromatic nitrogens is 1. The summed E-state index contributed by atoms with van der Waals surface area (Å²) in [5, 5.41) is 0.307. The number of anilines is 1. The van der Waals surface area contributed by atoms with Crippen LogP contribution in [-0.4, -0.2) is 69.4 Å². The molecule has 0 spiro atoms. The molecule has 0 N–H and O–H groups in total. The van der Waals surface area contributed by atoms with E-state index >= 15 is 0 Å². The van der Waals surface area contributed by atoms with Gasteiger partial charge in [0.1, 0.15) is 17.1 Å². The third-order valence-corrected chi connectivity index (χ3v) is 8.20. The van der Waals surface area contributed by atoms with E-state index in [2.05, 4.69) is 9.88 Å². The number of rotatable bonds is 8. The molecule has 0 atom stereocenters. The Bertz CT molecular complexity index is 1230. The van der Waals surface area contributed by atoms with Crippen LogP contribution in [0, 0.1) is 12.7 Å². The molecule has 1 aliphatic rings. The van der Waals surface area contributed by atoms with Crippen LogP contribution in [0.1, 0.15) is 12.0 Å². The number of ether oxygens (including phenoxy) is 1. The minimum absolute atomic E-state index is 0. The second-order valence-corrected chi connectivity index (χ2v) is 11.0. The number of para-hydroxylation sites is 1. The summed E-state index contributed by atoms with van der Waals surface area (Å²) in [4.78, 5) is 21.3. The van der Waals surface area contributed by atoms with Crippen molar-refractivity contribution in [2.24, 2.45) is 0 Å². The Morgan fingerprint density at radius 3 is 2.56 bits per heavy atom. The maximum Gasteiger partial charge on any atom is 0.244 e. The third kappa shape index (κ3) is 6.31. The van der Waals surface area contributed by atoms with Gasteiger partial charge in [0, 0.05) is 26.2 Å². The van der Waals surface area contributed by atoms with Crippen LogP contribution < -0.4 is 4.90 Å². The Kier molecular flexibility index (Phi) is 9.00. The summed E-state index contributed by atoms with van der Waals surface area (Å²) < 4.78 is 46.0. The van der Waals surface area contributed by atoms with E-state index in [0.29, 0.717) is 36.0 Å².